The highest BCUT2D eigenvalue weighted by Gasteiger charge is 2.17. The zero-order chi connectivity index (χ0) is 18.3. The molecule has 0 amide bonds. The van der Waals surface area contributed by atoms with Crippen LogP contribution in [0.4, 0.5) is 0 Å². The van der Waals surface area contributed by atoms with Crippen LogP contribution in [-0.4, -0.2) is 30.8 Å². The summed E-state index contributed by atoms with van der Waals surface area (Å²) in [5.41, 5.74) is 1.76. The molecule has 26 heavy (non-hydrogen) atoms. The van der Waals surface area contributed by atoms with E-state index < -0.39 is 17.2 Å². The van der Waals surface area contributed by atoms with Crippen molar-refractivity contribution in [3.8, 4) is 11.4 Å². The predicted molar refractivity (Wildman–Crippen MR) is 98.3 cm³/mol. The van der Waals surface area contributed by atoms with Gasteiger partial charge in [-0.1, -0.05) is 42.5 Å². The van der Waals surface area contributed by atoms with Gasteiger partial charge >= 0.3 is 5.97 Å². The minimum Gasteiger partial charge on any atom is -0.755 e. The smallest absolute Gasteiger partial charge is 0.337 e. The zero-order valence-corrected chi connectivity index (χ0v) is 14.5. The van der Waals surface area contributed by atoms with Crippen LogP contribution in [-0.2, 0) is 16.0 Å². The van der Waals surface area contributed by atoms with Gasteiger partial charge in [0.1, 0.15) is 0 Å². The van der Waals surface area contributed by atoms with Crippen LogP contribution >= 0.6 is 0 Å². The van der Waals surface area contributed by atoms with Gasteiger partial charge in [-0.25, -0.2) is 9.78 Å². The van der Waals surface area contributed by atoms with Crippen molar-refractivity contribution in [1.29, 1.82) is 0 Å². The molecule has 6 nitrogen and oxygen atoms in total. The maximum Gasteiger partial charge on any atom is 0.337 e. The highest BCUT2D eigenvalue weighted by Crippen LogP contribution is 2.31. The van der Waals surface area contributed by atoms with Gasteiger partial charge in [0.15, 0.2) is 5.82 Å². The predicted octanol–water partition coefficient (Wildman–Crippen LogP) is 3.29. The van der Waals surface area contributed by atoms with E-state index in [1.54, 1.807) is 12.1 Å². The third-order valence-corrected chi connectivity index (χ3v) is 4.88. The number of ether oxygens (including phenoxy) is 1. The number of rotatable bonds is 3. The number of hydrogen-bond donors (Lipinski definition) is 0. The van der Waals surface area contributed by atoms with Gasteiger partial charge in [-0.15, -0.1) is 0 Å². The Morgan fingerprint density at radius 2 is 1.88 bits per heavy atom. The lowest BCUT2D eigenvalue weighted by atomic mass is 10.0. The number of aromatic nitrogens is 2. The first kappa shape index (κ1) is 16.4. The summed E-state index contributed by atoms with van der Waals surface area (Å²) in [6.07, 6.45) is 0. The molecule has 0 fully saturated rings. The van der Waals surface area contributed by atoms with Gasteiger partial charge in [-0.2, -0.15) is 0 Å². The maximum atomic E-state index is 12.0. The molecule has 0 spiro atoms. The van der Waals surface area contributed by atoms with Gasteiger partial charge in [0, 0.05) is 5.56 Å². The van der Waals surface area contributed by atoms with Crippen molar-refractivity contribution in [3.63, 3.8) is 0 Å². The highest BCUT2D eigenvalue weighted by molar-refractivity contribution is 7.77. The Morgan fingerprint density at radius 1 is 1.12 bits per heavy atom. The summed E-state index contributed by atoms with van der Waals surface area (Å²) >= 11 is -2.60. The minimum atomic E-state index is -2.60. The van der Waals surface area contributed by atoms with Crippen molar-refractivity contribution in [2.75, 3.05) is 7.11 Å². The first-order valence-corrected chi connectivity index (χ1v) is 8.82. The average molecular weight is 365 g/mol. The Bertz CT molecular complexity index is 1180. The number of imidazole rings is 1. The fraction of sp³-hybridized carbons (Fsp3) is 0.0526. The molecule has 4 rings (SSSR count). The number of fused-ring (bicyclic) bond motifs is 2. The lowest BCUT2D eigenvalue weighted by molar-refractivity contribution is 0.0601. The first-order chi connectivity index (χ1) is 12.6. The second kappa shape index (κ2) is 6.36. The van der Waals surface area contributed by atoms with E-state index in [-0.39, 0.29) is 5.56 Å². The van der Waals surface area contributed by atoms with Crippen LogP contribution in [0.1, 0.15) is 10.4 Å². The molecule has 0 N–H and O–H groups in total. The molecule has 0 aliphatic heterocycles. The molecule has 0 bridgehead atoms. The first-order valence-electron chi connectivity index (χ1n) is 7.79. The molecule has 0 aliphatic rings. The molecule has 0 saturated heterocycles. The van der Waals surface area contributed by atoms with Crippen LogP contribution in [0.25, 0.3) is 33.2 Å². The van der Waals surface area contributed by atoms with Crippen molar-refractivity contribution in [1.82, 2.24) is 8.96 Å². The van der Waals surface area contributed by atoms with E-state index in [9.17, 15) is 13.6 Å². The number of hydrogen-bond acceptors (Lipinski definition) is 5. The van der Waals surface area contributed by atoms with Crippen molar-refractivity contribution in [2.24, 2.45) is 0 Å². The summed E-state index contributed by atoms with van der Waals surface area (Å²) in [5.74, 6) is -0.241. The van der Waals surface area contributed by atoms with E-state index in [1.807, 2.05) is 42.5 Å². The topological polar surface area (TPSA) is 84.2 Å². The van der Waals surface area contributed by atoms with Crippen molar-refractivity contribution < 1.29 is 18.3 Å². The number of benzene rings is 3. The van der Waals surface area contributed by atoms with Crippen molar-refractivity contribution >= 4 is 39.0 Å². The van der Waals surface area contributed by atoms with E-state index in [0.29, 0.717) is 22.4 Å². The second-order valence-electron chi connectivity index (χ2n) is 5.67. The molecule has 1 aromatic heterocycles. The summed E-state index contributed by atoms with van der Waals surface area (Å²) in [6, 6.07) is 18.0. The summed E-state index contributed by atoms with van der Waals surface area (Å²) in [6.45, 7) is 0. The Morgan fingerprint density at radius 3 is 2.65 bits per heavy atom. The van der Waals surface area contributed by atoms with Gasteiger partial charge in [0.25, 0.3) is 0 Å². The molecule has 130 valence electrons. The van der Waals surface area contributed by atoms with E-state index in [2.05, 4.69) is 4.98 Å². The van der Waals surface area contributed by atoms with Crippen LogP contribution in [0.15, 0.2) is 60.7 Å². The molecule has 7 heteroatoms. The summed E-state index contributed by atoms with van der Waals surface area (Å²) in [5, 5.41) is 1.88. The van der Waals surface area contributed by atoms with Gasteiger partial charge < -0.3 is 9.29 Å². The number of carbonyl (C=O) groups is 1. The molecule has 1 unspecified atom stereocenters. The molecule has 0 aliphatic carbocycles. The van der Waals surface area contributed by atoms with Crippen LogP contribution in [0, 0.1) is 0 Å². The van der Waals surface area contributed by atoms with Crippen LogP contribution in [0.5, 0.6) is 0 Å². The van der Waals surface area contributed by atoms with Crippen molar-refractivity contribution in [2.45, 2.75) is 0 Å². The van der Waals surface area contributed by atoms with Crippen LogP contribution < -0.4 is 0 Å². The van der Waals surface area contributed by atoms with Gasteiger partial charge in [0.05, 0.1) is 35.0 Å². The lowest BCUT2D eigenvalue weighted by Gasteiger charge is -2.13. The molecular formula is C19H13N2O4S-. The minimum absolute atomic E-state index is 0.260. The Labute approximate surface area is 151 Å². The quantitative estimate of drug-likeness (QED) is 0.411. The monoisotopic (exact) mass is 365 g/mol. The third kappa shape index (κ3) is 2.58. The van der Waals surface area contributed by atoms with Crippen LogP contribution in [0.2, 0.25) is 0 Å². The molecule has 0 radical (unpaired) electrons. The largest absolute Gasteiger partial charge is 0.755 e. The number of nitrogens with zero attached hydrogens (tertiary/aromatic N) is 2. The summed E-state index contributed by atoms with van der Waals surface area (Å²) in [4.78, 5) is 16.3. The molecular weight excluding hydrogens is 352 g/mol. The second-order valence-corrected chi connectivity index (χ2v) is 6.47. The number of carbonyl (C=O) groups excluding carboxylic acids is 1. The molecule has 1 atom stereocenters. The molecule has 4 aromatic rings. The van der Waals surface area contributed by atoms with Gasteiger partial charge in [-0.05, 0) is 29.0 Å². The lowest BCUT2D eigenvalue weighted by Crippen LogP contribution is -2.06. The SMILES string of the molecule is COC(=O)c1ccc2nc(-c3cccc4ccccc34)n(S(=O)[O-])c2c1. The third-order valence-electron chi connectivity index (χ3n) is 4.21. The zero-order valence-electron chi connectivity index (χ0n) is 13.7. The van der Waals surface area contributed by atoms with E-state index in [1.165, 1.54) is 13.2 Å². The Kier molecular flexibility index (Phi) is 4.02. The van der Waals surface area contributed by atoms with E-state index >= 15 is 0 Å². The molecule has 0 saturated carbocycles. The average Bonchev–Trinajstić information content (AvgIpc) is 3.05. The fourth-order valence-electron chi connectivity index (χ4n) is 3.04. The van der Waals surface area contributed by atoms with Crippen molar-refractivity contribution in [3.05, 3.63) is 66.2 Å². The fourth-order valence-corrected chi connectivity index (χ4v) is 3.63. The summed E-state index contributed by atoms with van der Waals surface area (Å²) < 4.78 is 29.7. The number of esters is 1. The Hall–Kier alpha value is -3.03. The normalized spacial score (nSPS) is 12.4. The summed E-state index contributed by atoms with van der Waals surface area (Å²) in [7, 11) is 1.27. The standard InChI is InChI=1S/C19H14N2O4S/c1-25-19(22)13-9-10-16-17(11-13)21(26(23)24)18(20-16)15-8-4-6-12-5-2-3-7-14(12)15/h2-11H,1H3,(H,23,24)/p-1. The maximum absolute atomic E-state index is 12.0. The number of methoxy groups -OCH3 is 1. The molecule has 3 aromatic carbocycles. The molecule has 1 heterocycles. The van der Waals surface area contributed by atoms with Crippen LogP contribution in [0.3, 0.4) is 0 Å². The highest BCUT2D eigenvalue weighted by atomic mass is 32.2. The van der Waals surface area contributed by atoms with E-state index in [4.69, 9.17) is 4.74 Å². The Balaban J connectivity index is 2.05. The van der Waals surface area contributed by atoms with E-state index in [0.717, 1.165) is 14.7 Å². The van der Waals surface area contributed by atoms with Gasteiger partial charge in [-0.3, -0.25) is 8.18 Å². The van der Waals surface area contributed by atoms with Gasteiger partial charge in [0.2, 0.25) is 0 Å².